The molecular weight excluding hydrogens is 334 g/mol. The average molecular weight is 346 g/mol. The predicted octanol–water partition coefficient (Wildman–Crippen LogP) is 3.32. The Balaban J connectivity index is 2.83. The van der Waals surface area contributed by atoms with Crippen LogP contribution < -0.4 is 4.74 Å². The third-order valence-electron chi connectivity index (χ3n) is 2.77. The molecule has 23 heavy (non-hydrogen) atoms. The van der Waals surface area contributed by atoms with Gasteiger partial charge in [-0.1, -0.05) is 0 Å². The van der Waals surface area contributed by atoms with Gasteiger partial charge in [0.05, 0.1) is 5.56 Å². The molecule has 0 amide bonds. The van der Waals surface area contributed by atoms with Gasteiger partial charge in [0.25, 0.3) is 0 Å². The predicted molar refractivity (Wildman–Crippen MR) is 65.6 cm³/mol. The van der Waals surface area contributed by atoms with E-state index in [0.717, 1.165) is 24.3 Å². The molecule has 4 nitrogen and oxygen atoms in total. The lowest BCUT2D eigenvalue weighted by molar-refractivity contribution is -0.323. The number of benzene rings is 1. The van der Waals surface area contributed by atoms with Gasteiger partial charge < -0.3 is 14.6 Å². The van der Waals surface area contributed by atoms with E-state index in [-0.39, 0.29) is 11.3 Å². The minimum Gasteiger partial charge on any atom is -0.487 e. The molecule has 10 heteroatoms. The van der Waals surface area contributed by atoms with Crippen LogP contribution in [0, 0.1) is 0 Å². The third kappa shape index (κ3) is 4.06. The zero-order chi connectivity index (χ0) is 17.9. The van der Waals surface area contributed by atoms with Crippen molar-refractivity contribution in [2.24, 2.45) is 0 Å². The van der Waals surface area contributed by atoms with Crippen LogP contribution in [0.3, 0.4) is 0 Å². The molecular formula is C13H12F6O4. The molecule has 0 radical (unpaired) electrons. The summed E-state index contributed by atoms with van der Waals surface area (Å²) in [6.07, 6.45) is 0. The summed E-state index contributed by atoms with van der Waals surface area (Å²) in [7, 11) is 0.669. The van der Waals surface area contributed by atoms with Crippen LogP contribution in [0.1, 0.15) is 10.4 Å². The number of halogens is 6. The van der Waals surface area contributed by atoms with Crippen molar-refractivity contribution < 1.29 is 45.7 Å². The van der Waals surface area contributed by atoms with Crippen LogP contribution >= 0.6 is 0 Å². The van der Waals surface area contributed by atoms with E-state index >= 15 is 0 Å². The second-order valence-electron chi connectivity index (χ2n) is 4.53. The van der Waals surface area contributed by atoms with Gasteiger partial charge in [-0.2, -0.15) is 26.3 Å². The number of methoxy groups -OCH3 is 1. The first-order chi connectivity index (χ1) is 10.4. The van der Waals surface area contributed by atoms with Crippen LogP contribution in [0.2, 0.25) is 0 Å². The highest BCUT2D eigenvalue weighted by atomic mass is 19.3. The monoisotopic (exact) mass is 346 g/mol. The second-order valence-corrected chi connectivity index (χ2v) is 4.53. The molecule has 0 unspecified atom stereocenters. The molecule has 1 aromatic rings. The standard InChI is InChI=1S/C13H12F6O4/c1-22-6-11(14,15)13(18,19)12(16,17)7-23-9-4-2-8(3-5-9)10(20)21/h2-5H,6-7H2,1H3,(H,20,21). The minimum absolute atomic E-state index is 0.193. The molecule has 0 spiro atoms. The minimum atomic E-state index is -5.70. The van der Waals surface area contributed by atoms with Crippen LogP contribution in [0.4, 0.5) is 26.3 Å². The Labute approximate surface area is 126 Å². The second kappa shape index (κ2) is 6.65. The molecule has 0 saturated carbocycles. The summed E-state index contributed by atoms with van der Waals surface area (Å²) in [6, 6.07) is 3.83. The highest BCUT2D eigenvalue weighted by Gasteiger charge is 2.71. The van der Waals surface area contributed by atoms with Crippen molar-refractivity contribution in [2.45, 2.75) is 17.8 Å². The number of alkyl halides is 6. The quantitative estimate of drug-likeness (QED) is 0.734. The number of carbonyl (C=O) groups is 1. The Morgan fingerprint density at radius 1 is 1.00 bits per heavy atom. The van der Waals surface area contributed by atoms with E-state index in [9.17, 15) is 31.1 Å². The van der Waals surface area contributed by atoms with Crippen molar-refractivity contribution in [1.29, 1.82) is 0 Å². The maximum Gasteiger partial charge on any atom is 0.377 e. The van der Waals surface area contributed by atoms with Crippen molar-refractivity contribution in [3.8, 4) is 5.75 Å². The maximum absolute atomic E-state index is 13.4. The fourth-order valence-electron chi connectivity index (χ4n) is 1.50. The van der Waals surface area contributed by atoms with Gasteiger partial charge >= 0.3 is 23.7 Å². The Bertz CT molecular complexity index is 544. The Morgan fingerprint density at radius 3 is 1.91 bits per heavy atom. The van der Waals surface area contributed by atoms with E-state index in [0.29, 0.717) is 7.11 Å². The number of rotatable bonds is 8. The van der Waals surface area contributed by atoms with E-state index in [4.69, 9.17) is 5.11 Å². The van der Waals surface area contributed by atoms with Crippen molar-refractivity contribution in [3.05, 3.63) is 29.8 Å². The molecule has 0 bridgehead atoms. The Hall–Kier alpha value is -1.97. The van der Waals surface area contributed by atoms with Gasteiger partial charge in [0.1, 0.15) is 12.4 Å². The summed E-state index contributed by atoms with van der Waals surface area (Å²) in [5.41, 5.74) is -0.193. The normalized spacial score (nSPS) is 13.0. The maximum atomic E-state index is 13.4. The summed E-state index contributed by atoms with van der Waals surface area (Å²) in [5.74, 6) is -17.6. The molecule has 0 aliphatic heterocycles. The Morgan fingerprint density at radius 2 is 1.48 bits per heavy atom. The van der Waals surface area contributed by atoms with E-state index in [1.54, 1.807) is 0 Å². The van der Waals surface area contributed by atoms with Gasteiger partial charge in [-0.15, -0.1) is 0 Å². The molecule has 0 aliphatic carbocycles. The van der Waals surface area contributed by atoms with Crippen LogP contribution in [0.25, 0.3) is 0 Å². The molecule has 130 valence electrons. The first kappa shape index (κ1) is 19.1. The summed E-state index contributed by atoms with van der Waals surface area (Å²) in [5, 5.41) is 8.63. The van der Waals surface area contributed by atoms with Crippen molar-refractivity contribution >= 4 is 5.97 Å². The molecule has 1 N–H and O–H groups in total. The molecule has 0 aromatic heterocycles. The smallest absolute Gasteiger partial charge is 0.377 e. The topological polar surface area (TPSA) is 55.8 Å². The number of hydrogen-bond donors (Lipinski definition) is 1. The van der Waals surface area contributed by atoms with Gasteiger partial charge in [-0.05, 0) is 24.3 Å². The van der Waals surface area contributed by atoms with Crippen molar-refractivity contribution in [2.75, 3.05) is 20.3 Å². The van der Waals surface area contributed by atoms with E-state index in [1.165, 1.54) is 0 Å². The Kier molecular flexibility index (Phi) is 5.51. The number of carboxylic acids is 1. The van der Waals surface area contributed by atoms with Gasteiger partial charge in [0.2, 0.25) is 0 Å². The summed E-state index contributed by atoms with van der Waals surface area (Å²) in [4.78, 5) is 10.6. The van der Waals surface area contributed by atoms with E-state index in [1.807, 2.05) is 0 Å². The number of carboxylic acid groups (broad SMARTS) is 1. The van der Waals surface area contributed by atoms with Gasteiger partial charge in [-0.3, -0.25) is 0 Å². The first-order valence-electron chi connectivity index (χ1n) is 6.03. The molecule has 0 atom stereocenters. The summed E-state index contributed by atoms with van der Waals surface area (Å²) < 4.78 is 87.8. The molecule has 1 rings (SSSR count). The lowest BCUT2D eigenvalue weighted by atomic mass is 10.1. The zero-order valence-electron chi connectivity index (χ0n) is 11.7. The summed E-state index contributed by atoms with van der Waals surface area (Å²) in [6.45, 7) is -3.91. The SMILES string of the molecule is COCC(F)(F)C(F)(F)C(F)(F)COc1ccc(C(=O)O)cc1. The van der Waals surface area contributed by atoms with Gasteiger partial charge in [-0.25, -0.2) is 4.79 Å². The number of ether oxygens (including phenoxy) is 2. The highest BCUT2D eigenvalue weighted by molar-refractivity contribution is 5.87. The van der Waals surface area contributed by atoms with Gasteiger partial charge in [0, 0.05) is 7.11 Å². The lowest BCUT2D eigenvalue weighted by Crippen LogP contribution is -2.58. The summed E-state index contributed by atoms with van der Waals surface area (Å²) >= 11 is 0. The largest absolute Gasteiger partial charge is 0.487 e. The van der Waals surface area contributed by atoms with Crippen LogP contribution in [-0.2, 0) is 4.74 Å². The fraction of sp³-hybridized carbons (Fsp3) is 0.462. The fourth-order valence-corrected chi connectivity index (χ4v) is 1.50. The van der Waals surface area contributed by atoms with Crippen LogP contribution in [0.5, 0.6) is 5.75 Å². The molecule has 1 aromatic carbocycles. The number of aromatic carboxylic acids is 1. The van der Waals surface area contributed by atoms with Crippen LogP contribution in [0.15, 0.2) is 24.3 Å². The number of hydrogen-bond acceptors (Lipinski definition) is 3. The molecule has 0 fully saturated rings. The van der Waals surface area contributed by atoms with Crippen molar-refractivity contribution in [3.63, 3.8) is 0 Å². The van der Waals surface area contributed by atoms with Crippen LogP contribution in [-0.4, -0.2) is 49.2 Å². The average Bonchev–Trinajstić information content (AvgIpc) is 2.45. The first-order valence-corrected chi connectivity index (χ1v) is 6.03. The highest BCUT2D eigenvalue weighted by Crippen LogP contribution is 2.45. The zero-order valence-corrected chi connectivity index (χ0v) is 11.7. The van der Waals surface area contributed by atoms with Crippen molar-refractivity contribution in [1.82, 2.24) is 0 Å². The lowest BCUT2D eigenvalue weighted by Gasteiger charge is -2.32. The third-order valence-corrected chi connectivity index (χ3v) is 2.77. The van der Waals surface area contributed by atoms with Gasteiger partial charge in [0.15, 0.2) is 6.61 Å². The van der Waals surface area contributed by atoms with E-state index in [2.05, 4.69) is 9.47 Å². The molecule has 0 heterocycles. The van der Waals surface area contributed by atoms with E-state index < -0.39 is 37.0 Å². The molecule has 0 aliphatic rings. The molecule has 0 saturated heterocycles.